The van der Waals surface area contributed by atoms with Crippen LogP contribution in [0.5, 0.6) is 11.5 Å². The molecule has 0 radical (unpaired) electrons. The first kappa shape index (κ1) is 12.8. The molecular formula is C15H22N2O2. The SMILES string of the molecule is CC1(C)CCNCCN1Cc1ccc2c(c1)OCO2. The van der Waals surface area contributed by atoms with Crippen molar-refractivity contribution in [3.63, 3.8) is 0 Å². The number of nitrogens with zero attached hydrogens (tertiary/aromatic N) is 1. The zero-order valence-corrected chi connectivity index (χ0v) is 11.7. The van der Waals surface area contributed by atoms with Gasteiger partial charge < -0.3 is 14.8 Å². The normalized spacial score (nSPS) is 22.2. The van der Waals surface area contributed by atoms with Crippen LogP contribution in [-0.4, -0.2) is 36.9 Å². The minimum atomic E-state index is 0.236. The molecular weight excluding hydrogens is 240 g/mol. The molecule has 4 nitrogen and oxygen atoms in total. The Hall–Kier alpha value is -1.26. The van der Waals surface area contributed by atoms with Crippen LogP contribution in [0.3, 0.4) is 0 Å². The second-order valence-electron chi connectivity index (χ2n) is 5.92. The third kappa shape index (κ3) is 2.69. The van der Waals surface area contributed by atoms with Crippen LogP contribution in [0.15, 0.2) is 18.2 Å². The molecule has 0 saturated carbocycles. The van der Waals surface area contributed by atoms with Crippen molar-refractivity contribution in [3.8, 4) is 11.5 Å². The average Bonchev–Trinajstić information content (AvgIpc) is 2.77. The van der Waals surface area contributed by atoms with Gasteiger partial charge >= 0.3 is 0 Å². The number of rotatable bonds is 2. The lowest BCUT2D eigenvalue weighted by Crippen LogP contribution is -2.43. The van der Waals surface area contributed by atoms with Crippen LogP contribution < -0.4 is 14.8 Å². The van der Waals surface area contributed by atoms with Crippen molar-refractivity contribution in [1.82, 2.24) is 10.2 Å². The van der Waals surface area contributed by atoms with E-state index in [1.165, 1.54) is 12.0 Å². The van der Waals surface area contributed by atoms with Crippen LogP contribution in [-0.2, 0) is 6.54 Å². The Bertz CT molecular complexity index is 459. The second-order valence-corrected chi connectivity index (χ2v) is 5.92. The number of fused-ring (bicyclic) bond motifs is 1. The fourth-order valence-corrected chi connectivity index (χ4v) is 2.75. The molecule has 3 rings (SSSR count). The van der Waals surface area contributed by atoms with E-state index in [-0.39, 0.29) is 5.54 Å². The highest BCUT2D eigenvalue weighted by molar-refractivity contribution is 5.44. The lowest BCUT2D eigenvalue weighted by molar-refractivity contribution is 0.120. The van der Waals surface area contributed by atoms with E-state index in [2.05, 4.69) is 36.2 Å². The molecule has 0 spiro atoms. The van der Waals surface area contributed by atoms with Crippen molar-refractivity contribution in [2.75, 3.05) is 26.4 Å². The van der Waals surface area contributed by atoms with Gasteiger partial charge in [-0.3, -0.25) is 4.90 Å². The van der Waals surface area contributed by atoms with Crippen molar-refractivity contribution >= 4 is 0 Å². The minimum absolute atomic E-state index is 0.236. The lowest BCUT2D eigenvalue weighted by Gasteiger charge is -2.36. The van der Waals surface area contributed by atoms with Gasteiger partial charge in [0, 0.05) is 25.2 Å². The van der Waals surface area contributed by atoms with Gasteiger partial charge in [0.05, 0.1) is 0 Å². The Morgan fingerprint density at radius 3 is 2.95 bits per heavy atom. The van der Waals surface area contributed by atoms with Gasteiger partial charge in [-0.25, -0.2) is 0 Å². The van der Waals surface area contributed by atoms with E-state index in [9.17, 15) is 0 Å². The second kappa shape index (κ2) is 5.02. The fraction of sp³-hybridized carbons (Fsp3) is 0.600. The van der Waals surface area contributed by atoms with Crippen LogP contribution in [0.2, 0.25) is 0 Å². The Kier molecular flexibility index (Phi) is 3.37. The van der Waals surface area contributed by atoms with Crippen LogP contribution in [0.1, 0.15) is 25.8 Å². The molecule has 1 aromatic carbocycles. The van der Waals surface area contributed by atoms with Gasteiger partial charge in [-0.15, -0.1) is 0 Å². The zero-order chi connectivity index (χ0) is 13.3. The highest BCUT2D eigenvalue weighted by atomic mass is 16.7. The first-order valence-corrected chi connectivity index (χ1v) is 6.99. The standard InChI is InChI=1S/C15H22N2O2/c1-15(2)5-6-16-7-8-17(15)10-12-3-4-13-14(9-12)19-11-18-13/h3-4,9,16H,5-8,10-11H2,1-2H3. The molecule has 0 aliphatic carbocycles. The monoisotopic (exact) mass is 262 g/mol. The van der Waals surface area contributed by atoms with Crippen molar-refractivity contribution < 1.29 is 9.47 Å². The smallest absolute Gasteiger partial charge is 0.231 e. The lowest BCUT2D eigenvalue weighted by atomic mass is 9.97. The first-order chi connectivity index (χ1) is 9.15. The van der Waals surface area contributed by atoms with E-state index in [0.717, 1.165) is 37.7 Å². The first-order valence-electron chi connectivity index (χ1n) is 6.99. The Balaban J connectivity index is 1.76. The summed E-state index contributed by atoms with van der Waals surface area (Å²) < 4.78 is 10.8. The average molecular weight is 262 g/mol. The van der Waals surface area contributed by atoms with Gasteiger partial charge in [-0.05, 0) is 44.5 Å². The molecule has 19 heavy (non-hydrogen) atoms. The van der Waals surface area contributed by atoms with Gasteiger partial charge in [0.25, 0.3) is 0 Å². The fourth-order valence-electron chi connectivity index (χ4n) is 2.75. The summed E-state index contributed by atoms with van der Waals surface area (Å²) in [5.41, 5.74) is 1.53. The number of ether oxygens (including phenoxy) is 2. The Morgan fingerprint density at radius 2 is 2.05 bits per heavy atom. The maximum atomic E-state index is 5.45. The molecule has 4 heteroatoms. The van der Waals surface area contributed by atoms with E-state index in [1.54, 1.807) is 0 Å². The van der Waals surface area contributed by atoms with Gasteiger partial charge in [0.2, 0.25) is 6.79 Å². The summed E-state index contributed by atoms with van der Waals surface area (Å²) in [5, 5.41) is 3.47. The number of hydrogen-bond acceptors (Lipinski definition) is 4. The topological polar surface area (TPSA) is 33.7 Å². The van der Waals surface area contributed by atoms with Gasteiger partial charge in [0.15, 0.2) is 11.5 Å². The molecule has 104 valence electrons. The summed E-state index contributed by atoms with van der Waals surface area (Å²) in [5.74, 6) is 1.74. The van der Waals surface area contributed by atoms with Crippen LogP contribution in [0.25, 0.3) is 0 Å². The summed E-state index contributed by atoms with van der Waals surface area (Å²) in [6, 6.07) is 6.26. The van der Waals surface area contributed by atoms with Gasteiger partial charge in [0.1, 0.15) is 0 Å². The Labute approximate surface area is 114 Å². The largest absolute Gasteiger partial charge is 0.454 e. The third-order valence-electron chi connectivity index (χ3n) is 4.14. The molecule has 0 unspecified atom stereocenters. The highest BCUT2D eigenvalue weighted by Gasteiger charge is 2.28. The summed E-state index contributed by atoms with van der Waals surface area (Å²) >= 11 is 0. The molecule has 2 aliphatic heterocycles. The summed E-state index contributed by atoms with van der Waals surface area (Å²) in [4.78, 5) is 2.55. The van der Waals surface area contributed by atoms with Gasteiger partial charge in [-0.1, -0.05) is 6.07 Å². The highest BCUT2D eigenvalue weighted by Crippen LogP contribution is 2.33. The Morgan fingerprint density at radius 1 is 1.21 bits per heavy atom. The van der Waals surface area contributed by atoms with Crippen molar-refractivity contribution in [2.45, 2.75) is 32.4 Å². The van der Waals surface area contributed by atoms with Crippen LogP contribution in [0.4, 0.5) is 0 Å². The summed E-state index contributed by atoms with van der Waals surface area (Å²) in [6.45, 7) is 9.21. The molecule has 2 heterocycles. The quantitative estimate of drug-likeness (QED) is 0.884. The number of hydrogen-bond donors (Lipinski definition) is 1. The van der Waals surface area contributed by atoms with E-state index < -0.39 is 0 Å². The molecule has 2 aliphatic rings. The van der Waals surface area contributed by atoms with Crippen molar-refractivity contribution in [1.29, 1.82) is 0 Å². The van der Waals surface area contributed by atoms with Crippen molar-refractivity contribution in [2.24, 2.45) is 0 Å². The molecule has 0 aromatic heterocycles. The zero-order valence-electron chi connectivity index (χ0n) is 11.7. The van der Waals surface area contributed by atoms with Crippen LogP contribution in [0, 0.1) is 0 Å². The molecule has 1 N–H and O–H groups in total. The van der Waals surface area contributed by atoms with E-state index >= 15 is 0 Å². The summed E-state index contributed by atoms with van der Waals surface area (Å²) in [6.07, 6.45) is 1.18. The number of benzene rings is 1. The van der Waals surface area contributed by atoms with E-state index in [0.29, 0.717) is 6.79 Å². The maximum Gasteiger partial charge on any atom is 0.231 e. The number of nitrogens with one attached hydrogen (secondary N) is 1. The van der Waals surface area contributed by atoms with E-state index in [1.807, 2.05) is 6.07 Å². The predicted octanol–water partition coefficient (Wildman–Crippen LogP) is 1.99. The molecule has 0 bridgehead atoms. The van der Waals surface area contributed by atoms with Gasteiger partial charge in [-0.2, -0.15) is 0 Å². The van der Waals surface area contributed by atoms with Crippen LogP contribution >= 0.6 is 0 Å². The van der Waals surface area contributed by atoms with E-state index in [4.69, 9.17) is 9.47 Å². The summed E-state index contributed by atoms with van der Waals surface area (Å²) in [7, 11) is 0. The van der Waals surface area contributed by atoms with Crippen molar-refractivity contribution in [3.05, 3.63) is 23.8 Å². The predicted molar refractivity (Wildman–Crippen MR) is 74.5 cm³/mol. The molecule has 1 fully saturated rings. The molecule has 1 aromatic rings. The molecule has 0 atom stereocenters. The molecule has 1 saturated heterocycles. The third-order valence-corrected chi connectivity index (χ3v) is 4.14. The molecule has 0 amide bonds. The maximum absolute atomic E-state index is 5.45. The minimum Gasteiger partial charge on any atom is -0.454 e.